The van der Waals surface area contributed by atoms with Gasteiger partial charge in [-0.2, -0.15) is 13.2 Å². The van der Waals surface area contributed by atoms with E-state index in [2.05, 4.69) is 15.9 Å². The molecule has 0 radical (unpaired) electrons. The predicted molar refractivity (Wildman–Crippen MR) is 64.5 cm³/mol. The van der Waals surface area contributed by atoms with E-state index in [0.717, 1.165) is 12.1 Å². The second kappa shape index (κ2) is 4.72. The largest absolute Gasteiger partial charge is 0.416 e. The summed E-state index contributed by atoms with van der Waals surface area (Å²) in [7, 11) is 0. The van der Waals surface area contributed by atoms with Crippen molar-refractivity contribution in [2.75, 3.05) is 0 Å². The third-order valence-corrected chi connectivity index (χ3v) is 2.86. The van der Waals surface area contributed by atoms with Crippen molar-refractivity contribution >= 4 is 15.9 Å². The van der Waals surface area contributed by atoms with Crippen molar-refractivity contribution < 1.29 is 17.6 Å². The van der Waals surface area contributed by atoms with Crippen LogP contribution in [0.4, 0.5) is 17.6 Å². The van der Waals surface area contributed by atoms with Crippen molar-refractivity contribution in [2.45, 2.75) is 6.18 Å². The van der Waals surface area contributed by atoms with E-state index in [1.165, 1.54) is 24.3 Å². The zero-order valence-electron chi connectivity index (χ0n) is 8.93. The van der Waals surface area contributed by atoms with Crippen LogP contribution in [-0.4, -0.2) is 0 Å². The Kier molecular flexibility index (Phi) is 3.43. The first-order chi connectivity index (χ1) is 8.36. The average Bonchev–Trinajstić information content (AvgIpc) is 2.28. The molecule has 94 valence electrons. The molecular weight excluding hydrogens is 312 g/mol. The summed E-state index contributed by atoms with van der Waals surface area (Å²) in [4.78, 5) is 0. The minimum absolute atomic E-state index is 0.330. The topological polar surface area (TPSA) is 0 Å². The van der Waals surface area contributed by atoms with Crippen LogP contribution in [0.3, 0.4) is 0 Å². The van der Waals surface area contributed by atoms with Gasteiger partial charge in [-0.1, -0.05) is 28.1 Å². The molecule has 5 heteroatoms. The Morgan fingerprint density at radius 3 is 2.00 bits per heavy atom. The first-order valence-corrected chi connectivity index (χ1v) is 5.79. The van der Waals surface area contributed by atoms with Crippen LogP contribution >= 0.6 is 15.9 Å². The van der Waals surface area contributed by atoms with Crippen molar-refractivity contribution in [3.8, 4) is 11.1 Å². The molecule has 18 heavy (non-hydrogen) atoms. The maximum absolute atomic E-state index is 12.8. The summed E-state index contributed by atoms with van der Waals surface area (Å²) in [6.45, 7) is 0. The molecule has 2 rings (SSSR count). The van der Waals surface area contributed by atoms with Crippen LogP contribution in [0.2, 0.25) is 0 Å². The highest BCUT2D eigenvalue weighted by Crippen LogP contribution is 2.34. The zero-order valence-corrected chi connectivity index (χ0v) is 10.5. The van der Waals surface area contributed by atoms with E-state index < -0.39 is 17.6 Å². The van der Waals surface area contributed by atoms with E-state index >= 15 is 0 Å². The van der Waals surface area contributed by atoms with Crippen LogP contribution in [0, 0.1) is 5.82 Å². The third kappa shape index (κ3) is 2.90. The van der Waals surface area contributed by atoms with Crippen molar-refractivity contribution in [3.05, 3.63) is 58.3 Å². The molecular formula is C13H7BrF4. The highest BCUT2D eigenvalue weighted by Gasteiger charge is 2.31. The minimum Gasteiger partial charge on any atom is -0.207 e. The van der Waals surface area contributed by atoms with E-state index in [1.54, 1.807) is 6.07 Å². The minimum atomic E-state index is -4.40. The Morgan fingerprint density at radius 1 is 0.833 bits per heavy atom. The summed E-state index contributed by atoms with van der Waals surface area (Å²) in [6.07, 6.45) is -4.40. The van der Waals surface area contributed by atoms with E-state index in [1.807, 2.05) is 0 Å². The quantitative estimate of drug-likeness (QED) is 0.628. The molecule has 0 saturated heterocycles. The van der Waals surface area contributed by atoms with Gasteiger partial charge in [0.15, 0.2) is 0 Å². The van der Waals surface area contributed by atoms with Crippen LogP contribution < -0.4 is 0 Å². The highest BCUT2D eigenvalue weighted by molar-refractivity contribution is 9.10. The second-order valence-corrected chi connectivity index (χ2v) is 4.65. The molecule has 2 aromatic rings. The molecule has 0 heterocycles. The number of benzene rings is 2. The van der Waals surface area contributed by atoms with Gasteiger partial charge >= 0.3 is 6.18 Å². The van der Waals surface area contributed by atoms with Gasteiger partial charge in [-0.05, 0) is 41.5 Å². The molecule has 0 aromatic heterocycles. The fourth-order valence-corrected chi connectivity index (χ4v) is 2.06. The lowest BCUT2D eigenvalue weighted by Crippen LogP contribution is -2.04. The summed E-state index contributed by atoms with van der Waals surface area (Å²) >= 11 is 3.04. The molecule has 0 aliphatic rings. The molecule has 0 N–H and O–H groups in total. The first-order valence-electron chi connectivity index (χ1n) is 5.00. The van der Waals surface area contributed by atoms with Crippen molar-refractivity contribution in [3.63, 3.8) is 0 Å². The lowest BCUT2D eigenvalue weighted by Gasteiger charge is -2.10. The van der Waals surface area contributed by atoms with Crippen LogP contribution in [-0.2, 0) is 6.18 Å². The highest BCUT2D eigenvalue weighted by atomic mass is 79.9. The second-order valence-electron chi connectivity index (χ2n) is 3.73. The average molecular weight is 319 g/mol. The Balaban J connectivity index is 2.52. The monoisotopic (exact) mass is 318 g/mol. The molecule has 0 fully saturated rings. The van der Waals surface area contributed by atoms with Crippen LogP contribution in [0.25, 0.3) is 11.1 Å². The molecule has 0 aliphatic carbocycles. The molecule has 0 aliphatic heterocycles. The van der Waals surface area contributed by atoms with Crippen molar-refractivity contribution in [1.29, 1.82) is 0 Å². The van der Waals surface area contributed by atoms with Crippen LogP contribution in [0.5, 0.6) is 0 Å². The summed E-state index contributed by atoms with van der Waals surface area (Å²) in [5.41, 5.74) is 0.177. The van der Waals surface area contributed by atoms with E-state index in [0.29, 0.717) is 15.6 Å². The molecule has 0 spiro atoms. The summed E-state index contributed by atoms with van der Waals surface area (Å²) in [5.74, 6) is -0.426. The number of alkyl halides is 3. The smallest absolute Gasteiger partial charge is 0.207 e. The fraction of sp³-hybridized carbons (Fsp3) is 0.0769. The maximum atomic E-state index is 12.8. The normalized spacial score (nSPS) is 11.6. The summed E-state index contributed by atoms with van der Waals surface area (Å²) in [5, 5.41) is 0. The number of halogens is 5. The zero-order chi connectivity index (χ0) is 13.3. The van der Waals surface area contributed by atoms with Crippen LogP contribution in [0.1, 0.15) is 5.56 Å². The Hall–Kier alpha value is -1.36. The maximum Gasteiger partial charge on any atom is 0.416 e. The van der Waals surface area contributed by atoms with Crippen molar-refractivity contribution in [1.82, 2.24) is 0 Å². The van der Waals surface area contributed by atoms with Gasteiger partial charge < -0.3 is 0 Å². The lowest BCUT2D eigenvalue weighted by atomic mass is 10.0. The van der Waals surface area contributed by atoms with Gasteiger partial charge in [0.05, 0.1) is 5.56 Å². The van der Waals surface area contributed by atoms with Gasteiger partial charge in [0.25, 0.3) is 0 Å². The number of hydrogen-bond acceptors (Lipinski definition) is 0. The van der Waals surface area contributed by atoms with Gasteiger partial charge in [0, 0.05) is 4.47 Å². The van der Waals surface area contributed by atoms with E-state index in [4.69, 9.17) is 0 Å². The standard InChI is InChI=1S/C13H7BrF4/c14-11-6-9(5-10(7-11)13(16,17)18)8-1-3-12(15)4-2-8/h1-7H. The molecule has 0 nitrogen and oxygen atoms in total. The predicted octanol–water partition coefficient (Wildman–Crippen LogP) is 5.27. The molecule has 0 amide bonds. The Bertz CT molecular complexity index is 558. The van der Waals surface area contributed by atoms with Gasteiger partial charge in [-0.25, -0.2) is 4.39 Å². The SMILES string of the molecule is Fc1ccc(-c2cc(Br)cc(C(F)(F)F)c2)cc1. The third-order valence-electron chi connectivity index (χ3n) is 2.40. The number of hydrogen-bond donors (Lipinski definition) is 0. The van der Waals surface area contributed by atoms with Gasteiger partial charge in [0.2, 0.25) is 0 Å². The molecule has 0 atom stereocenters. The molecule has 0 unspecified atom stereocenters. The van der Waals surface area contributed by atoms with E-state index in [-0.39, 0.29) is 0 Å². The van der Waals surface area contributed by atoms with E-state index in [9.17, 15) is 17.6 Å². The number of rotatable bonds is 1. The Labute approximate surface area is 109 Å². The van der Waals surface area contributed by atoms with Crippen LogP contribution in [0.15, 0.2) is 46.9 Å². The summed E-state index contributed by atoms with van der Waals surface area (Å²) in [6, 6.07) is 8.91. The summed E-state index contributed by atoms with van der Waals surface area (Å²) < 4.78 is 51.0. The van der Waals surface area contributed by atoms with Gasteiger partial charge in [0.1, 0.15) is 5.82 Å². The Morgan fingerprint density at radius 2 is 1.44 bits per heavy atom. The first kappa shape index (κ1) is 13.1. The van der Waals surface area contributed by atoms with Gasteiger partial charge in [-0.15, -0.1) is 0 Å². The molecule has 2 aromatic carbocycles. The molecule has 0 saturated carbocycles. The molecule has 0 bridgehead atoms. The fourth-order valence-electron chi connectivity index (χ4n) is 1.56. The van der Waals surface area contributed by atoms with Gasteiger partial charge in [-0.3, -0.25) is 0 Å². The van der Waals surface area contributed by atoms with Crippen molar-refractivity contribution in [2.24, 2.45) is 0 Å². The lowest BCUT2D eigenvalue weighted by molar-refractivity contribution is -0.137.